The van der Waals surface area contributed by atoms with Crippen molar-refractivity contribution in [1.29, 1.82) is 5.26 Å². The summed E-state index contributed by atoms with van der Waals surface area (Å²) in [5.41, 5.74) is 0.331. The number of nitrogens with zero attached hydrogens (tertiary/aromatic N) is 2. The Labute approximate surface area is 82.1 Å². The highest BCUT2D eigenvalue weighted by atomic mass is 16.5. The molecule has 0 unspecified atom stereocenters. The number of hydrogen-bond donors (Lipinski definition) is 0. The number of aromatic nitrogens is 1. The Morgan fingerprint density at radius 1 is 1.71 bits per heavy atom. The van der Waals surface area contributed by atoms with Crippen LogP contribution in [0.3, 0.4) is 0 Å². The van der Waals surface area contributed by atoms with Gasteiger partial charge in [-0.05, 0) is 18.6 Å². The van der Waals surface area contributed by atoms with Crippen molar-refractivity contribution in [1.82, 2.24) is 4.98 Å². The third-order valence-electron chi connectivity index (χ3n) is 1.57. The third-order valence-corrected chi connectivity index (χ3v) is 1.57. The predicted molar refractivity (Wildman–Crippen MR) is 49.5 cm³/mol. The standard InChI is InChI=1S/C10H10N2O2/c1-2-6-14-10(13)8-4-3-5-12-9(8)7-11/h3-5H,2,6H2,1H3. The molecule has 0 aromatic carbocycles. The minimum atomic E-state index is -0.489. The summed E-state index contributed by atoms with van der Waals surface area (Å²) in [6.07, 6.45) is 2.23. The Kier molecular flexibility index (Phi) is 3.62. The van der Waals surface area contributed by atoms with E-state index in [2.05, 4.69) is 4.98 Å². The Morgan fingerprint density at radius 3 is 3.14 bits per heavy atom. The molecule has 0 amide bonds. The molecule has 0 aliphatic heterocycles. The summed E-state index contributed by atoms with van der Waals surface area (Å²) in [7, 11) is 0. The van der Waals surface area contributed by atoms with Crippen LogP contribution < -0.4 is 0 Å². The maximum atomic E-state index is 11.4. The van der Waals surface area contributed by atoms with Crippen LogP contribution in [0.25, 0.3) is 0 Å². The van der Waals surface area contributed by atoms with Crippen molar-refractivity contribution in [3.63, 3.8) is 0 Å². The van der Waals surface area contributed by atoms with Gasteiger partial charge in [-0.15, -0.1) is 0 Å². The zero-order valence-corrected chi connectivity index (χ0v) is 7.86. The molecule has 0 aliphatic carbocycles. The van der Waals surface area contributed by atoms with Crippen LogP contribution >= 0.6 is 0 Å². The first-order valence-corrected chi connectivity index (χ1v) is 4.31. The van der Waals surface area contributed by atoms with E-state index in [-0.39, 0.29) is 11.3 Å². The topological polar surface area (TPSA) is 63.0 Å². The van der Waals surface area contributed by atoms with Gasteiger partial charge in [0.2, 0.25) is 0 Å². The summed E-state index contributed by atoms with van der Waals surface area (Å²) in [6.45, 7) is 2.26. The van der Waals surface area contributed by atoms with Crippen molar-refractivity contribution in [2.75, 3.05) is 6.61 Å². The quantitative estimate of drug-likeness (QED) is 0.678. The Balaban J connectivity index is 2.85. The van der Waals surface area contributed by atoms with E-state index in [4.69, 9.17) is 10.00 Å². The Bertz CT molecular complexity index is 369. The molecular weight excluding hydrogens is 180 g/mol. The molecule has 1 heterocycles. The molecule has 0 bridgehead atoms. The lowest BCUT2D eigenvalue weighted by molar-refractivity contribution is 0.0504. The molecule has 0 spiro atoms. The minimum Gasteiger partial charge on any atom is -0.462 e. The second-order valence-corrected chi connectivity index (χ2v) is 2.65. The first kappa shape index (κ1) is 10.2. The maximum absolute atomic E-state index is 11.4. The van der Waals surface area contributed by atoms with Gasteiger partial charge >= 0.3 is 5.97 Å². The van der Waals surface area contributed by atoms with Gasteiger partial charge in [0, 0.05) is 6.20 Å². The zero-order chi connectivity index (χ0) is 10.4. The number of hydrogen-bond acceptors (Lipinski definition) is 4. The lowest BCUT2D eigenvalue weighted by Crippen LogP contribution is -2.08. The van der Waals surface area contributed by atoms with Gasteiger partial charge in [0.05, 0.1) is 12.2 Å². The molecule has 0 aliphatic rings. The van der Waals surface area contributed by atoms with E-state index in [1.165, 1.54) is 12.3 Å². The van der Waals surface area contributed by atoms with Crippen LogP contribution in [0.2, 0.25) is 0 Å². The molecule has 0 radical (unpaired) electrons. The van der Waals surface area contributed by atoms with Crippen molar-refractivity contribution in [2.24, 2.45) is 0 Å². The molecule has 14 heavy (non-hydrogen) atoms. The molecule has 0 fully saturated rings. The monoisotopic (exact) mass is 190 g/mol. The summed E-state index contributed by atoms with van der Waals surface area (Å²) in [5, 5.41) is 8.67. The third kappa shape index (κ3) is 2.30. The Morgan fingerprint density at radius 2 is 2.50 bits per heavy atom. The van der Waals surface area contributed by atoms with E-state index in [1.807, 2.05) is 13.0 Å². The Hall–Kier alpha value is -1.89. The van der Waals surface area contributed by atoms with Crippen molar-refractivity contribution in [2.45, 2.75) is 13.3 Å². The normalized spacial score (nSPS) is 9.14. The van der Waals surface area contributed by atoms with Gasteiger partial charge in [-0.25, -0.2) is 9.78 Å². The highest BCUT2D eigenvalue weighted by molar-refractivity contribution is 5.91. The van der Waals surface area contributed by atoms with Gasteiger partial charge in [0.1, 0.15) is 6.07 Å². The smallest absolute Gasteiger partial charge is 0.341 e. The number of rotatable bonds is 3. The van der Waals surface area contributed by atoms with Gasteiger partial charge < -0.3 is 4.74 Å². The summed E-state index contributed by atoms with van der Waals surface area (Å²) in [6, 6.07) is 4.97. The van der Waals surface area contributed by atoms with Crippen LogP contribution in [0.1, 0.15) is 29.4 Å². The van der Waals surface area contributed by atoms with E-state index >= 15 is 0 Å². The molecule has 1 rings (SSSR count). The van der Waals surface area contributed by atoms with E-state index in [1.54, 1.807) is 6.07 Å². The summed E-state index contributed by atoms with van der Waals surface area (Å²) in [5.74, 6) is -0.489. The van der Waals surface area contributed by atoms with Gasteiger partial charge in [0.15, 0.2) is 5.69 Å². The summed E-state index contributed by atoms with van der Waals surface area (Å²) < 4.78 is 4.89. The van der Waals surface area contributed by atoms with E-state index in [0.717, 1.165) is 6.42 Å². The first-order chi connectivity index (χ1) is 6.79. The predicted octanol–water partition coefficient (Wildman–Crippen LogP) is 1.52. The van der Waals surface area contributed by atoms with E-state index in [0.29, 0.717) is 6.61 Å². The van der Waals surface area contributed by atoms with Crippen molar-refractivity contribution in [3.05, 3.63) is 29.6 Å². The van der Waals surface area contributed by atoms with Crippen molar-refractivity contribution in [3.8, 4) is 6.07 Å². The SMILES string of the molecule is CCCOC(=O)c1cccnc1C#N. The van der Waals surface area contributed by atoms with Crippen LogP contribution in [0.5, 0.6) is 0 Å². The van der Waals surface area contributed by atoms with Gasteiger partial charge in [-0.2, -0.15) is 5.26 Å². The summed E-state index contributed by atoms with van der Waals surface area (Å²) in [4.78, 5) is 15.1. The molecule has 0 atom stereocenters. The fourth-order valence-corrected chi connectivity index (χ4v) is 0.932. The van der Waals surface area contributed by atoms with Gasteiger partial charge in [0.25, 0.3) is 0 Å². The number of nitriles is 1. The average Bonchev–Trinajstić information content (AvgIpc) is 2.25. The second-order valence-electron chi connectivity index (χ2n) is 2.65. The number of pyridine rings is 1. The molecule has 4 nitrogen and oxygen atoms in total. The van der Waals surface area contributed by atoms with Crippen LogP contribution in [0.15, 0.2) is 18.3 Å². The van der Waals surface area contributed by atoms with E-state index in [9.17, 15) is 4.79 Å². The molecule has 1 aromatic rings. The van der Waals surface area contributed by atoms with Gasteiger partial charge in [-0.3, -0.25) is 0 Å². The van der Waals surface area contributed by atoms with Crippen molar-refractivity contribution < 1.29 is 9.53 Å². The molecule has 0 saturated heterocycles. The lowest BCUT2D eigenvalue weighted by atomic mass is 10.2. The maximum Gasteiger partial charge on any atom is 0.341 e. The molecule has 1 aromatic heterocycles. The molecule has 4 heteroatoms. The molecule has 72 valence electrons. The van der Waals surface area contributed by atoms with Crippen molar-refractivity contribution >= 4 is 5.97 Å². The largest absolute Gasteiger partial charge is 0.462 e. The fourth-order valence-electron chi connectivity index (χ4n) is 0.932. The number of ether oxygens (including phenoxy) is 1. The number of carbonyl (C=O) groups excluding carboxylic acids is 1. The van der Waals surface area contributed by atoms with E-state index < -0.39 is 5.97 Å². The van der Waals surface area contributed by atoms with Crippen LogP contribution in [-0.4, -0.2) is 17.6 Å². The van der Waals surface area contributed by atoms with Crippen LogP contribution in [0.4, 0.5) is 0 Å². The first-order valence-electron chi connectivity index (χ1n) is 4.31. The van der Waals surface area contributed by atoms with Gasteiger partial charge in [-0.1, -0.05) is 6.92 Å². The minimum absolute atomic E-state index is 0.105. The number of carbonyl (C=O) groups is 1. The lowest BCUT2D eigenvalue weighted by Gasteiger charge is -2.02. The summed E-state index contributed by atoms with van der Waals surface area (Å²) >= 11 is 0. The highest BCUT2D eigenvalue weighted by Crippen LogP contribution is 2.05. The molecule has 0 N–H and O–H groups in total. The zero-order valence-electron chi connectivity index (χ0n) is 7.86. The molecular formula is C10H10N2O2. The average molecular weight is 190 g/mol. The number of esters is 1. The highest BCUT2D eigenvalue weighted by Gasteiger charge is 2.12. The second kappa shape index (κ2) is 4.97. The van der Waals surface area contributed by atoms with Crippen LogP contribution in [0, 0.1) is 11.3 Å². The van der Waals surface area contributed by atoms with Crippen LogP contribution in [-0.2, 0) is 4.74 Å². The molecule has 0 saturated carbocycles. The fraction of sp³-hybridized carbons (Fsp3) is 0.300.